The number of carbonyl (C=O) groups excluding carboxylic acids is 2. The fourth-order valence-electron chi connectivity index (χ4n) is 3.84. The highest BCUT2D eigenvalue weighted by Gasteiger charge is 2.41. The second-order valence-electron chi connectivity index (χ2n) is 7.65. The molecule has 2 rings (SSSR count). The van der Waals surface area contributed by atoms with Crippen LogP contribution >= 0.6 is 11.8 Å². The van der Waals surface area contributed by atoms with Crippen molar-refractivity contribution in [1.29, 1.82) is 0 Å². The van der Waals surface area contributed by atoms with Crippen LogP contribution in [0.5, 0.6) is 0 Å². The first-order valence-corrected chi connectivity index (χ1v) is 11.7. The molecule has 1 aliphatic rings. The van der Waals surface area contributed by atoms with E-state index in [4.69, 9.17) is 4.74 Å². The highest BCUT2D eigenvalue weighted by Crippen LogP contribution is 2.28. The van der Waals surface area contributed by atoms with Crippen molar-refractivity contribution in [2.24, 2.45) is 5.92 Å². The van der Waals surface area contributed by atoms with Gasteiger partial charge in [-0.15, -0.1) is 0 Å². The van der Waals surface area contributed by atoms with E-state index in [0.29, 0.717) is 6.42 Å². The molecule has 0 spiro atoms. The molecule has 156 valence electrons. The zero-order valence-electron chi connectivity index (χ0n) is 17.3. The van der Waals surface area contributed by atoms with Gasteiger partial charge in [-0.05, 0) is 31.2 Å². The predicted molar refractivity (Wildman–Crippen MR) is 116 cm³/mol. The fourth-order valence-corrected chi connectivity index (χ4v) is 4.76. The molecule has 3 atom stereocenters. The summed E-state index contributed by atoms with van der Waals surface area (Å²) in [5.74, 6) is 0.430. The van der Waals surface area contributed by atoms with Crippen molar-refractivity contribution in [3.8, 4) is 0 Å². The molecule has 4 nitrogen and oxygen atoms in total. The van der Waals surface area contributed by atoms with E-state index in [9.17, 15) is 9.59 Å². The number of hydrogen-bond donors (Lipinski definition) is 1. The van der Waals surface area contributed by atoms with Crippen molar-refractivity contribution in [1.82, 2.24) is 5.32 Å². The molecule has 0 bridgehead atoms. The minimum Gasteiger partial charge on any atom is -0.469 e. The van der Waals surface area contributed by atoms with Crippen LogP contribution in [0.3, 0.4) is 0 Å². The zero-order chi connectivity index (χ0) is 20.2. The van der Waals surface area contributed by atoms with Crippen LogP contribution < -0.4 is 5.32 Å². The topological polar surface area (TPSA) is 55.4 Å². The van der Waals surface area contributed by atoms with E-state index in [1.54, 1.807) is 0 Å². The van der Waals surface area contributed by atoms with Crippen LogP contribution in [-0.4, -0.2) is 36.0 Å². The van der Waals surface area contributed by atoms with E-state index in [0.717, 1.165) is 25.0 Å². The number of ether oxygens (including phenoxy) is 1. The molecule has 0 amide bonds. The van der Waals surface area contributed by atoms with Gasteiger partial charge in [0, 0.05) is 11.8 Å². The Bertz CT molecular complexity index is 593. The van der Waals surface area contributed by atoms with Crippen LogP contribution in [0.1, 0.15) is 63.9 Å². The first kappa shape index (κ1) is 23.0. The van der Waals surface area contributed by atoms with Crippen LogP contribution in [0.4, 0.5) is 0 Å². The van der Waals surface area contributed by atoms with Gasteiger partial charge in [-0.3, -0.25) is 9.59 Å². The highest BCUT2D eigenvalue weighted by molar-refractivity contribution is 8.13. The van der Waals surface area contributed by atoms with Gasteiger partial charge in [0.25, 0.3) is 0 Å². The summed E-state index contributed by atoms with van der Waals surface area (Å²) in [6, 6.07) is 10.0. The highest BCUT2D eigenvalue weighted by atomic mass is 32.2. The molecule has 1 fully saturated rings. The maximum Gasteiger partial charge on any atom is 0.310 e. The normalized spacial score (nSPS) is 21.6. The number of methoxy groups -OCH3 is 1. The average Bonchev–Trinajstić information content (AvgIpc) is 3.16. The molecule has 1 N–H and O–H groups in total. The molecule has 0 aromatic heterocycles. The molecule has 1 saturated heterocycles. The van der Waals surface area contributed by atoms with Crippen LogP contribution in [0.15, 0.2) is 30.3 Å². The molecule has 1 heterocycles. The van der Waals surface area contributed by atoms with Gasteiger partial charge in [0.05, 0.1) is 19.1 Å². The van der Waals surface area contributed by atoms with Crippen LogP contribution in [-0.2, 0) is 20.7 Å². The molecule has 28 heavy (non-hydrogen) atoms. The third-order valence-electron chi connectivity index (χ3n) is 5.51. The smallest absolute Gasteiger partial charge is 0.310 e. The number of esters is 1. The fraction of sp³-hybridized carbons (Fsp3) is 0.652. The Kier molecular flexibility index (Phi) is 10.7. The molecule has 1 aromatic carbocycles. The number of thioether (sulfide) groups is 1. The number of benzene rings is 1. The van der Waals surface area contributed by atoms with Crippen molar-refractivity contribution in [2.45, 2.75) is 76.8 Å². The lowest BCUT2D eigenvalue weighted by molar-refractivity contribution is -0.145. The Morgan fingerprint density at radius 1 is 1.11 bits per heavy atom. The lowest BCUT2D eigenvalue weighted by Crippen LogP contribution is -2.37. The summed E-state index contributed by atoms with van der Waals surface area (Å²) in [5, 5.41) is 3.59. The van der Waals surface area contributed by atoms with E-state index >= 15 is 0 Å². The van der Waals surface area contributed by atoms with E-state index in [2.05, 4.69) is 24.4 Å². The van der Waals surface area contributed by atoms with Gasteiger partial charge < -0.3 is 10.1 Å². The van der Waals surface area contributed by atoms with Gasteiger partial charge in [-0.2, -0.15) is 0 Å². The number of aryl methyl sites for hydroxylation is 1. The van der Waals surface area contributed by atoms with E-state index in [1.165, 1.54) is 56.5 Å². The Morgan fingerprint density at radius 3 is 2.54 bits per heavy atom. The average molecular weight is 406 g/mol. The largest absolute Gasteiger partial charge is 0.469 e. The van der Waals surface area contributed by atoms with Crippen LogP contribution in [0, 0.1) is 5.92 Å². The van der Waals surface area contributed by atoms with E-state index in [1.807, 2.05) is 18.2 Å². The van der Waals surface area contributed by atoms with Crippen molar-refractivity contribution in [3.63, 3.8) is 0 Å². The Morgan fingerprint density at radius 2 is 1.82 bits per heavy atom. The zero-order valence-corrected chi connectivity index (χ0v) is 18.1. The second-order valence-corrected chi connectivity index (χ2v) is 8.75. The number of carbonyl (C=O) groups is 2. The Hall–Kier alpha value is -1.33. The summed E-state index contributed by atoms with van der Waals surface area (Å²) in [6.45, 7) is 2.22. The third kappa shape index (κ3) is 7.59. The number of unbranched alkanes of at least 4 members (excludes halogenated alkanes) is 5. The second kappa shape index (κ2) is 13.0. The van der Waals surface area contributed by atoms with Crippen LogP contribution in [0.25, 0.3) is 0 Å². The number of rotatable bonds is 12. The van der Waals surface area contributed by atoms with Gasteiger partial charge in [-0.25, -0.2) is 0 Å². The number of nitrogens with one attached hydrogen (secondary N) is 1. The molecular formula is C23H35NO3S. The first-order valence-electron chi connectivity index (χ1n) is 10.7. The van der Waals surface area contributed by atoms with Crippen molar-refractivity contribution in [3.05, 3.63) is 35.9 Å². The molecule has 1 aliphatic heterocycles. The lowest BCUT2D eigenvalue weighted by atomic mass is 9.94. The quantitative estimate of drug-likeness (QED) is 0.401. The molecule has 1 aromatic rings. The van der Waals surface area contributed by atoms with Gasteiger partial charge in [0.1, 0.15) is 0 Å². The third-order valence-corrected chi connectivity index (χ3v) is 6.57. The Labute approximate surface area is 174 Å². The summed E-state index contributed by atoms with van der Waals surface area (Å²) in [6.07, 6.45) is 9.67. The molecule has 0 unspecified atom stereocenters. The summed E-state index contributed by atoms with van der Waals surface area (Å²) < 4.78 is 4.99. The van der Waals surface area contributed by atoms with Gasteiger partial charge in [-0.1, -0.05) is 81.1 Å². The van der Waals surface area contributed by atoms with Gasteiger partial charge in [0.15, 0.2) is 0 Å². The summed E-state index contributed by atoms with van der Waals surface area (Å²) in [5.41, 5.74) is 1.25. The van der Waals surface area contributed by atoms with Gasteiger partial charge in [0.2, 0.25) is 5.12 Å². The van der Waals surface area contributed by atoms with Crippen molar-refractivity contribution >= 4 is 22.8 Å². The monoisotopic (exact) mass is 405 g/mol. The SMILES string of the molecule is CCCCCCCCSC(=O)[C@H]1C[C@@H](C(=O)OC)[C@@H](CCc2ccccc2)N1. The lowest BCUT2D eigenvalue weighted by Gasteiger charge is -2.17. The minimum absolute atomic E-state index is 0.00347. The molecule has 5 heteroatoms. The molecular weight excluding hydrogens is 370 g/mol. The maximum atomic E-state index is 12.6. The predicted octanol–water partition coefficient (Wildman–Crippen LogP) is 4.76. The van der Waals surface area contributed by atoms with E-state index < -0.39 is 0 Å². The molecule has 0 radical (unpaired) electrons. The maximum absolute atomic E-state index is 12.6. The van der Waals surface area contributed by atoms with Crippen molar-refractivity contribution in [2.75, 3.05) is 12.9 Å². The molecule has 0 saturated carbocycles. The van der Waals surface area contributed by atoms with Gasteiger partial charge >= 0.3 is 5.97 Å². The molecule has 0 aliphatic carbocycles. The van der Waals surface area contributed by atoms with E-state index in [-0.39, 0.29) is 29.1 Å². The minimum atomic E-state index is -0.241. The Balaban J connectivity index is 1.78. The number of hydrogen-bond acceptors (Lipinski definition) is 5. The summed E-state index contributed by atoms with van der Waals surface area (Å²) in [7, 11) is 1.43. The summed E-state index contributed by atoms with van der Waals surface area (Å²) in [4.78, 5) is 24.8. The van der Waals surface area contributed by atoms with Crippen molar-refractivity contribution < 1.29 is 14.3 Å². The summed E-state index contributed by atoms with van der Waals surface area (Å²) >= 11 is 1.42. The first-order chi connectivity index (χ1) is 13.7. The standard InChI is InChI=1S/C23H35NO3S/c1-3-4-5-6-7-11-16-28-23(26)21-17-19(22(25)27-2)20(24-21)15-14-18-12-9-8-10-13-18/h8-10,12-13,19-21,24H,3-7,11,14-17H2,1-2H3/t19-,20-,21-/m1/s1. The van der Waals surface area contributed by atoms with Crippen LogP contribution in [0.2, 0.25) is 0 Å².